The summed E-state index contributed by atoms with van der Waals surface area (Å²) >= 11 is 12.0. The van der Waals surface area contributed by atoms with Crippen molar-refractivity contribution in [3.63, 3.8) is 0 Å². The predicted octanol–water partition coefficient (Wildman–Crippen LogP) is 5.69. The van der Waals surface area contributed by atoms with E-state index in [-0.39, 0.29) is 18.2 Å². The first-order chi connectivity index (χ1) is 16.8. The number of halogens is 2. The molecule has 0 bridgehead atoms. The smallest absolute Gasteiger partial charge is 0.245 e. The summed E-state index contributed by atoms with van der Waals surface area (Å²) in [5.74, 6) is -0.156. The van der Waals surface area contributed by atoms with Crippen molar-refractivity contribution in [2.24, 2.45) is 11.0 Å². The zero-order valence-corrected chi connectivity index (χ0v) is 20.9. The Labute approximate surface area is 214 Å². The largest absolute Gasteiger partial charge is 0.489 e. The van der Waals surface area contributed by atoms with Crippen LogP contribution in [0.4, 0.5) is 5.69 Å². The van der Waals surface area contributed by atoms with E-state index < -0.39 is 5.92 Å². The van der Waals surface area contributed by atoms with Crippen LogP contribution in [0.2, 0.25) is 10.0 Å². The molecule has 0 aliphatic carbocycles. The normalized spacial score (nSPS) is 15.6. The fourth-order valence-corrected chi connectivity index (χ4v) is 4.09. The minimum absolute atomic E-state index is 0.0655. The lowest BCUT2D eigenvalue weighted by Gasteiger charge is -2.17. The summed E-state index contributed by atoms with van der Waals surface area (Å²) in [6.07, 6.45) is 1.70. The summed E-state index contributed by atoms with van der Waals surface area (Å²) in [5.41, 5.74) is 7.30. The first-order valence-corrected chi connectivity index (χ1v) is 11.9. The van der Waals surface area contributed by atoms with Crippen LogP contribution in [0.25, 0.3) is 0 Å². The zero-order valence-electron chi connectivity index (χ0n) is 19.4. The molecule has 0 saturated carbocycles. The zero-order chi connectivity index (χ0) is 24.9. The van der Waals surface area contributed by atoms with E-state index in [4.69, 9.17) is 27.9 Å². The summed E-state index contributed by atoms with van der Waals surface area (Å²) in [7, 11) is 0. The number of hydrogen-bond donors (Lipinski definition) is 1. The van der Waals surface area contributed by atoms with E-state index in [1.807, 2.05) is 62.4 Å². The minimum Gasteiger partial charge on any atom is -0.489 e. The Balaban J connectivity index is 1.31. The number of hydrogen-bond acceptors (Lipinski definition) is 4. The molecule has 1 aliphatic rings. The molecular formula is C27H25Cl2N3O3. The van der Waals surface area contributed by atoms with Gasteiger partial charge in [-0.15, -0.1) is 0 Å². The Bertz CT molecular complexity index is 1290. The molecule has 35 heavy (non-hydrogen) atoms. The van der Waals surface area contributed by atoms with E-state index in [1.165, 1.54) is 0 Å². The Morgan fingerprint density at radius 2 is 1.91 bits per heavy atom. The van der Waals surface area contributed by atoms with Crippen LogP contribution in [0, 0.1) is 19.8 Å². The van der Waals surface area contributed by atoms with Gasteiger partial charge in [0.1, 0.15) is 12.4 Å². The molecule has 1 heterocycles. The van der Waals surface area contributed by atoms with E-state index in [9.17, 15) is 9.59 Å². The fourth-order valence-electron chi connectivity index (χ4n) is 3.77. The van der Waals surface area contributed by atoms with Crippen LogP contribution in [-0.2, 0) is 16.2 Å². The standard InChI is InChI=1S/C27H25Cl2N3O3/c1-17-6-8-22(10-18(17)2)32-15-21(13-26(32)33)27(34)31-30-14-19-4-3-5-23(11-19)35-16-20-7-9-24(28)25(29)12-20/h3-12,14,21H,13,15-16H2,1-2H3,(H,31,34)/b30-14-/t21-/m0/s1. The van der Waals surface area contributed by atoms with Gasteiger partial charge in [0.15, 0.2) is 0 Å². The lowest BCUT2D eigenvalue weighted by Crippen LogP contribution is -2.30. The van der Waals surface area contributed by atoms with Gasteiger partial charge in [-0.1, -0.05) is 47.5 Å². The van der Waals surface area contributed by atoms with Crippen LogP contribution in [-0.4, -0.2) is 24.6 Å². The molecule has 6 nitrogen and oxygen atoms in total. The third-order valence-corrected chi connectivity index (χ3v) is 6.67. The van der Waals surface area contributed by atoms with Gasteiger partial charge in [0.05, 0.1) is 22.2 Å². The molecule has 0 radical (unpaired) electrons. The van der Waals surface area contributed by atoms with E-state index >= 15 is 0 Å². The van der Waals surface area contributed by atoms with Crippen molar-refractivity contribution in [1.82, 2.24) is 5.43 Å². The molecule has 3 aromatic carbocycles. The Kier molecular flexibility index (Phi) is 7.73. The second-order valence-corrected chi connectivity index (χ2v) is 9.33. The van der Waals surface area contributed by atoms with E-state index in [0.29, 0.717) is 28.9 Å². The molecule has 0 spiro atoms. The average Bonchev–Trinajstić information content (AvgIpc) is 3.23. The Morgan fingerprint density at radius 3 is 2.69 bits per heavy atom. The van der Waals surface area contributed by atoms with Gasteiger partial charge in [0.25, 0.3) is 0 Å². The molecule has 4 rings (SSSR count). The maximum absolute atomic E-state index is 12.6. The highest BCUT2D eigenvalue weighted by atomic mass is 35.5. The summed E-state index contributed by atoms with van der Waals surface area (Å²) in [5, 5.41) is 5.05. The van der Waals surface area contributed by atoms with Crippen molar-refractivity contribution >= 4 is 46.9 Å². The lowest BCUT2D eigenvalue weighted by molar-refractivity contribution is -0.126. The van der Waals surface area contributed by atoms with Gasteiger partial charge in [-0.25, -0.2) is 5.43 Å². The second-order valence-electron chi connectivity index (χ2n) is 8.52. The van der Waals surface area contributed by atoms with E-state index in [1.54, 1.807) is 23.2 Å². The molecule has 180 valence electrons. The van der Waals surface area contributed by atoms with Gasteiger partial charge in [-0.3, -0.25) is 9.59 Å². The number of nitrogens with zero attached hydrogens (tertiary/aromatic N) is 2. The van der Waals surface area contributed by atoms with Crippen molar-refractivity contribution in [1.29, 1.82) is 0 Å². The minimum atomic E-state index is -0.456. The maximum Gasteiger partial charge on any atom is 0.245 e. The molecule has 1 aliphatic heterocycles. The van der Waals surface area contributed by atoms with Crippen molar-refractivity contribution in [3.05, 3.63) is 93.0 Å². The number of benzene rings is 3. The number of anilines is 1. The Morgan fingerprint density at radius 1 is 1.09 bits per heavy atom. The Hall–Kier alpha value is -3.35. The van der Waals surface area contributed by atoms with Crippen molar-refractivity contribution in [2.45, 2.75) is 26.9 Å². The molecule has 3 aromatic rings. The fraction of sp³-hybridized carbons (Fsp3) is 0.222. The average molecular weight is 510 g/mol. The number of ether oxygens (including phenoxy) is 1. The number of hydrazone groups is 1. The molecule has 8 heteroatoms. The predicted molar refractivity (Wildman–Crippen MR) is 139 cm³/mol. The van der Waals surface area contributed by atoms with Crippen LogP contribution < -0.4 is 15.1 Å². The molecule has 0 aromatic heterocycles. The number of carbonyl (C=O) groups excluding carboxylic acids is 2. The van der Waals surface area contributed by atoms with Gasteiger partial charge < -0.3 is 9.64 Å². The molecule has 1 fully saturated rings. The van der Waals surface area contributed by atoms with Gasteiger partial charge >= 0.3 is 0 Å². The number of amides is 2. The first-order valence-electron chi connectivity index (χ1n) is 11.2. The maximum atomic E-state index is 12.6. The monoisotopic (exact) mass is 509 g/mol. The van der Waals surface area contributed by atoms with Crippen LogP contribution in [0.5, 0.6) is 5.75 Å². The van der Waals surface area contributed by atoms with Crippen molar-refractivity contribution < 1.29 is 14.3 Å². The van der Waals surface area contributed by atoms with Gasteiger partial charge in [-0.05, 0) is 72.5 Å². The van der Waals surface area contributed by atoms with Crippen molar-refractivity contribution in [2.75, 3.05) is 11.4 Å². The molecule has 1 saturated heterocycles. The summed E-state index contributed by atoms with van der Waals surface area (Å²) < 4.78 is 5.82. The van der Waals surface area contributed by atoms with Crippen LogP contribution in [0.15, 0.2) is 65.8 Å². The number of nitrogens with one attached hydrogen (secondary N) is 1. The highest BCUT2D eigenvalue weighted by Gasteiger charge is 2.35. The van der Waals surface area contributed by atoms with Crippen molar-refractivity contribution in [3.8, 4) is 5.75 Å². The third kappa shape index (κ3) is 6.21. The van der Waals surface area contributed by atoms with Crippen LogP contribution >= 0.6 is 23.2 Å². The quantitative estimate of drug-likeness (QED) is 0.328. The SMILES string of the molecule is Cc1ccc(N2C[C@@H](C(=O)N/N=C\c3cccc(OCc4ccc(Cl)c(Cl)c4)c3)CC2=O)cc1C. The number of carbonyl (C=O) groups is 2. The summed E-state index contributed by atoms with van der Waals surface area (Å²) in [6, 6.07) is 18.5. The topological polar surface area (TPSA) is 71.0 Å². The van der Waals surface area contributed by atoms with Crippen LogP contribution in [0.3, 0.4) is 0 Å². The third-order valence-electron chi connectivity index (χ3n) is 5.93. The molecular weight excluding hydrogens is 485 g/mol. The highest BCUT2D eigenvalue weighted by molar-refractivity contribution is 6.42. The van der Waals surface area contributed by atoms with Crippen LogP contribution in [0.1, 0.15) is 28.7 Å². The molecule has 2 amide bonds. The highest BCUT2D eigenvalue weighted by Crippen LogP contribution is 2.27. The van der Waals surface area contributed by atoms with Gasteiger partial charge in [0, 0.05) is 18.7 Å². The molecule has 1 atom stereocenters. The van der Waals surface area contributed by atoms with Gasteiger partial charge in [0.2, 0.25) is 11.8 Å². The lowest BCUT2D eigenvalue weighted by atomic mass is 10.1. The second kappa shape index (κ2) is 10.9. The number of rotatable bonds is 7. The molecule has 1 N–H and O–H groups in total. The van der Waals surface area contributed by atoms with E-state index in [0.717, 1.165) is 27.9 Å². The molecule has 0 unspecified atom stereocenters. The number of aryl methyl sites for hydroxylation is 2. The van der Waals surface area contributed by atoms with E-state index in [2.05, 4.69) is 10.5 Å². The summed E-state index contributed by atoms with van der Waals surface area (Å²) in [6.45, 7) is 4.70. The van der Waals surface area contributed by atoms with Gasteiger partial charge in [-0.2, -0.15) is 5.10 Å². The summed E-state index contributed by atoms with van der Waals surface area (Å²) in [4.78, 5) is 26.8. The first kappa shape index (κ1) is 24.8.